The quantitative estimate of drug-likeness (QED) is 0.825. The van der Waals surface area contributed by atoms with Gasteiger partial charge in [-0.2, -0.15) is 0 Å². The summed E-state index contributed by atoms with van der Waals surface area (Å²) in [4.78, 5) is 0. The molecule has 2 unspecified atom stereocenters. The van der Waals surface area contributed by atoms with Crippen molar-refractivity contribution in [1.29, 1.82) is 0 Å². The topological polar surface area (TPSA) is 54.6 Å². The highest BCUT2D eigenvalue weighted by Gasteiger charge is 2.20. The maximum Gasteiger partial charge on any atom is 0.159 e. The molecular formula is C15H17F2NO3. The van der Waals surface area contributed by atoms with Gasteiger partial charge in [0.05, 0.1) is 31.6 Å². The normalized spacial score (nSPS) is 14.1. The van der Waals surface area contributed by atoms with Gasteiger partial charge >= 0.3 is 0 Å². The Morgan fingerprint density at radius 1 is 1.24 bits per heavy atom. The maximum atomic E-state index is 13.4. The Labute approximate surface area is 121 Å². The zero-order valence-corrected chi connectivity index (χ0v) is 11.6. The summed E-state index contributed by atoms with van der Waals surface area (Å²) >= 11 is 0. The van der Waals surface area contributed by atoms with Gasteiger partial charge in [-0.15, -0.1) is 0 Å². The van der Waals surface area contributed by atoms with Crippen LogP contribution in [-0.2, 0) is 4.74 Å². The monoisotopic (exact) mass is 297 g/mol. The number of nitrogens with one attached hydrogen (secondary N) is 1. The van der Waals surface area contributed by atoms with Crippen LogP contribution in [0.4, 0.5) is 8.78 Å². The fraction of sp³-hybridized carbons (Fsp3) is 0.333. The van der Waals surface area contributed by atoms with Crippen molar-refractivity contribution in [1.82, 2.24) is 5.32 Å². The summed E-state index contributed by atoms with van der Waals surface area (Å²) in [7, 11) is 1.51. The number of ether oxygens (including phenoxy) is 1. The van der Waals surface area contributed by atoms with Crippen molar-refractivity contribution in [2.75, 3.05) is 20.3 Å². The highest BCUT2D eigenvalue weighted by molar-refractivity contribution is 5.22. The van der Waals surface area contributed by atoms with Crippen LogP contribution in [0.5, 0.6) is 0 Å². The molecule has 0 saturated heterocycles. The Morgan fingerprint density at radius 2 is 2.05 bits per heavy atom. The lowest BCUT2D eigenvalue weighted by molar-refractivity contribution is 0.143. The predicted octanol–water partition coefficient (Wildman–Crippen LogP) is 2.57. The molecule has 2 rings (SSSR count). The molecule has 6 heteroatoms. The molecule has 4 nitrogen and oxygen atoms in total. The minimum Gasteiger partial charge on any atom is -0.468 e. The van der Waals surface area contributed by atoms with Gasteiger partial charge in [0.25, 0.3) is 0 Å². The first kappa shape index (κ1) is 15.6. The molecule has 0 saturated carbocycles. The highest BCUT2D eigenvalue weighted by atomic mass is 19.2. The standard InChI is InChI=1S/C15H17F2NO3/c1-20-9-14(10-4-5-11(16)12(17)7-10)18-13(8-19)15-3-2-6-21-15/h2-7,13-14,18-19H,8-9H2,1H3. The van der Waals surface area contributed by atoms with Gasteiger partial charge in [-0.1, -0.05) is 6.07 Å². The molecule has 0 spiro atoms. The Hall–Kier alpha value is -1.76. The van der Waals surface area contributed by atoms with Crippen molar-refractivity contribution in [3.63, 3.8) is 0 Å². The predicted molar refractivity (Wildman–Crippen MR) is 72.6 cm³/mol. The van der Waals surface area contributed by atoms with E-state index in [1.54, 1.807) is 12.1 Å². The van der Waals surface area contributed by atoms with E-state index in [0.29, 0.717) is 11.3 Å². The first-order valence-electron chi connectivity index (χ1n) is 6.50. The third-order valence-electron chi connectivity index (χ3n) is 3.15. The fourth-order valence-electron chi connectivity index (χ4n) is 2.09. The van der Waals surface area contributed by atoms with Crippen LogP contribution in [0.25, 0.3) is 0 Å². The molecule has 0 aliphatic carbocycles. The van der Waals surface area contributed by atoms with Crippen molar-refractivity contribution < 1.29 is 23.0 Å². The van der Waals surface area contributed by atoms with Crippen molar-refractivity contribution >= 4 is 0 Å². The smallest absolute Gasteiger partial charge is 0.159 e. The van der Waals surface area contributed by atoms with Gasteiger partial charge in [0.1, 0.15) is 5.76 Å². The molecule has 2 aromatic rings. The van der Waals surface area contributed by atoms with Crippen LogP contribution < -0.4 is 5.32 Å². The van der Waals surface area contributed by atoms with Gasteiger partial charge < -0.3 is 14.3 Å². The van der Waals surface area contributed by atoms with Crippen molar-refractivity contribution in [3.8, 4) is 0 Å². The molecule has 0 bridgehead atoms. The van der Waals surface area contributed by atoms with E-state index in [4.69, 9.17) is 9.15 Å². The number of hydrogen-bond acceptors (Lipinski definition) is 4. The van der Waals surface area contributed by atoms with Gasteiger partial charge in [-0.25, -0.2) is 8.78 Å². The molecule has 1 aromatic carbocycles. The maximum absolute atomic E-state index is 13.4. The van der Waals surface area contributed by atoms with E-state index in [2.05, 4.69) is 5.32 Å². The molecule has 0 aliphatic rings. The summed E-state index contributed by atoms with van der Waals surface area (Å²) in [6.07, 6.45) is 1.50. The third kappa shape index (κ3) is 3.87. The van der Waals surface area contributed by atoms with E-state index < -0.39 is 23.7 Å². The van der Waals surface area contributed by atoms with Crippen LogP contribution in [0.3, 0.4) is 0 Å². The number of benzene rings is 1. The summed E-state index contributed by atoms with van der Waals surface area (Å²) in [6.45, 7) is 0.0414. The molecular weight excluding hydrogens is 280 g/mol. The van der Waals surface area contributed by atoms with Crippen LogP contribution in [-0.4, -0.2) is 25.4 Å². The van der Waals surface area contributed by atoms with Crippen molar-refractivity contribution in [3.05, 3.63) is 59.6 Å². The molecule has 1 aromatic heterocycles. The van der Waals surface area contributed by atoms with E-state index in [1.807, 2.05) is 0 Å². The van der Waals surface area contributed by atoms with Crippen LogP contribution >= 0.6 is 0 Å². The van der Waals surface area contributed by atoms with Crippen LogP contribution in [0.1, 0.15) is 23.4 Å². The zero-order chi connectivity index (χ0) is 15.2. The first-order valence-corrected chi connectivity index (χ1v) is 6.50. The number of methoxy groups -OCH3 is 1. The van der Waals surface area contributed by atoms with Crippen LogP contribution in [0.2, 0.25) is 0 Å². The Bertz CT molecular complexity index is 560. The molecule has 2 N–H and O–H groups in total. The van der Waals surface area contributed by atoms with Crippen molar-refractivity contribution in [2.24, 2.45) is 0 Å². The molecule has 0 amide bonds. The second-order valence-corrected chi connectivity index (χ2v) is 4.60. The minimum absolute atomic E-state index is 0.197. The number of rotatable bonds is 7. The fourth-order valence-corrected chi connectivity index (χ4v) is 2.09. The lowest BCUT2D eigenvalue weighted by atomic mass is 10.1. The van der Waals surface area contributed by atoms with E-state index >= 15 is 0 Å². The molecule has 21 heavy (non-hydrogen) atoms. The first-order chi connectivity index (χ1) is 10.2. The van der Waals surface area contributed by atoms with E-state index in [9.17, 15) is 13.9 Å². The summed E-state index contributed by atoms with van der Waals surface area (Å²) in [5, 5.41) is 12.6. The Morgan fingerprint density at radius 3 is 2.62 bits per heavy atom. The molecule has 0 radical (unpaired) electrons. The van der Waals surface area contributed by atoms with Crippen LogP contribution in [0, 0.1) is 11.6 Å². The second kappa shape index (κ2) is 7.31. The summed E-state index contributed by atoms with van der Waals surface area (Å²) in [5.74, 6) is -1.27. The SMILES string of the molecule is COCC(NC(CO)c1ccco1)c1ccc(F)c(F)c1. The Balaban J connectivity index is 2.19. The van der Waals surface area contributed by atoms with E-state index in [-0.39, 0.29) is 13.2 Å². The average molecular weight is 297 g/mol. The number of furan rings is 1. The zero-order valence-electron chi connectivity index (χ0n) is 11.6. The van der Waals surface area contributed by atoms with E-state index in [1.165, 1.54) is 19.4 Å². The van der Waals surface area contributed by atoms with Gasteiger partial charge in [0.15, 0.2) is 11.6 Å². The molecule has 1 heterocycles. The second-order valence-electron chi connectivity index (χ2n) is 4.60. The molecule has 2 atom stereocenters. The third-order valence-corrected chi connectivity index (χ3v) is 3.15. The van der Waals surface area contributed by atoms with Gasteiger partial charge in [0.2, 0.25) is 0 Å². The lowest BCUT2D eigenvalue weighted by Gasteiger charge is -2.23. The lowest BCUT2D eigenvalue weighted by Crippen LogP contribution is -2.31. The minimum atomic E-state index is -0.922. The molecule has 0 fully saturated rings. The van der Waals surface area contributed by atoms with Gasteiger partial charge in [0, 0.05) is 7.11 Å². The van der Waals surface area contributed by atoms with Gasteiger partial charge in [-0.3, -0.25) is 5.32 Å². The number of aliphatic hydroxyl groups is 1. The van der Waals surface area contributed by atoms with E-state index in [0.717, 1.165) is 12.1 Å². The van der Waals surface area contributed by atoms with Crippen LogP contribution in [0.15, 0.2) is 41.0 Å². The summed E-state index contributed by atoms with van der Waals surface area (Å²) in [5.41, 5.74) is 0.528. The highest BCUT2D eigenvalue weighted by Crippen LogP contribution is 2.22. The molecule has 0 aliphatic heterocycles. The molecule has 114 valence electrons. The Kier molecular flexibility index (Phi) is 5.44. The van der Waals surface area contributed by atoms with Crippen molar-refractivity contribution in [2.45, 2.75) is 12.1 Å². The number of halogens is 2. The number of hydrogen-bond donors (Lipinski definition) is 2. The number of aliphatic hydroxyl groups excluding tert-OH is 1. The largest absolute Gasteiger partial charge is 0.468 e. The summed E-state index contributed by atoms with van der Waals surface area (Å²) in [6, 6.07) is 6.22. The summed E-state index contributed by atoms with van der Waals surface area (Å²) < 4.78 is 36.7. The average Bonchev–Trinajstić information content (AvgIpc) is 3.00. The van der Waals surface area contributed by atoms with Gasteiger partial charge in [-0.05, 0) is 29.8 Å².